The predicted molar refractivity (Wildman–Crippen MR) is 74.7 cm³/mol. The standard InChI is InChI=1S/C15H15F3N2O2/c1-2-22-15-13(17)12(16)11(14(18)20-15)9-5-3-8(4-6-9)10(19)7-21/h3-6,10,21H,2,7,19H2,1H3. The Bertz CT molecular complexity index is 663. The number of aromatic nitrogens is 1. The van der Waals surface area contributed by atoms with Gasteiger partial charge in [0.1, 0.15) is 0 Å². The van der Waals surface area contributed by atoms with Crippen LogP contribution in [0.15, 0.2) is 24.3 Å². The Labute approximate surface area is 125 Å². The van der Waals surface area contributed by atoms with Crippen LogP contribution in [-0.2, 0) is 0 Å². The van der Waals surface area contributed by atoms with E-state index in [0.29, 0.717) is 5.56 Å². The number of ether oxygens (including phenoxy) is 1. The van der Waals surface area contributed by atoms with Crippen molar-refractivity contribution in [3.8, 4) is 17.0 Å². The lowest BCUT2D eigenvalue weighted by Gasteiger charge is -2.11. The van der Waals surface area contributed by atoms with Crippen LogP contribution in [0.2, 0.25) is 0 Å². The molecule has 4 nitrogen and oxygen atoms in total. The van der Waals surface area contributed by atoms with Gasteiger partial charge in [0, 0.05) is 0 Å². The molecule has 1 unspecified atom stereocenters. The van der Waals surface area contributed by atoms with Crippen LogP contribution in [0.4, 0.5) is 13.2 Å². The minimum Gasteiger partial charge on any atom is -0.476 e. The van der Waals surface area contributed by atoms with Crippen molar-refractivity contribution in [2.75, 3.05) is 13.2 Å². The van der Waals surface area contributed by atoms with Gasteiger partial charge in [-0.3, -0.25) is 0 Å². The van der Waals surface area contributed by atoms with Gasteiger partial charge < -0.3 is 15.6 Å². The molecule has 0 aliphatic rings. The predicted octanol–water partition coefficient (Wildman–Crippen LogP) is 2.56. The van der Waals surface area contributed by atoms with Crippen molar-refractivity contribution in [3.63, 3.8) is 0 Å². The number of halogens is 3. The largest absolute Gasteiger partial charge is 0.476 e. The van der Waals surface area contributed by atoms with Gasteiger partial charge in [-0.1, -0.05) is 24.3 Å². The lowest BCUT2D eigenvalue weighted by molar-refractivity contribution is 0.268. The van der Waals surface area contributed by atoms with Crippen LogP contribution in [0.5, 0.6) is 5.88 Å². The summed E-state index contributed by atoms with van der Waals surface area (Å²) in [5.41, 5.74) is 5.75. The Balaban J connectivity index is 2.46. The number of aliphatic hydroxyl groups is 1. The Kier molecular flexibility index (Phi) is 4.99. The summed E-state index contributed by atoms with van der Waals surface area (Å²) in [5.74, 6) is -4.58. The van der Waals surface area contributed by atoms with Crippen LogP contribution in [0.1, 0.15) is 18.5 Å². The molecular weight excluding hydrogens is 297 g/mol. The quantitative estimate of drug-likeness (QED) is 0.833. The maximum atomic E-state index is 14.1. The molecule has 0 amide bonds. The summed E-state index contributed by atoms with van der Waals surface area (Å²) in [5, 5.41) is 8.96. The summed E-state index contributed by atoms with van der Waals surface area (Å²) < 4.78 is 46.6. The molecule has 0 fully saturated rings. The summed E-state index contributed by atoms with van der Waals surface area (Å²) in [6.07, 6.45) is 0. The van der Waals surface area contributed by atoms with Crippen LogP contribution >= 0.6 is 0 Å². The van der Waals surface area contributed by atoms with E-state index in [9.17, 15) is 13.2 Å². The third-order valence-electron chi connectivity index (χ3n) is 3.11. The van der Waals surface area contributed by atoms with E-state index in [4.69, 9.17) is 15.6 Å². The van der Waals surface area contributed by atoms with Crippen LogP contribution in [-0.4, -0.2) is 23.3 Å². The molecule has 0 aliphatic carbocycles. The number of pyridine rings is 1. The van der Waals surface area contributed by atoms with Gasteiger partial charge in [0.15, 0.2) is 5.82 Å². The van der Waals surface area contributed by atoms with E-state index in [-0.39, 0.29) is 18.8 Å². The molecule has 1 atom stereocenters. The second-order valence-electron chi connectivity index (χ2n) is 4.55. The van der Waals surface area contributed by atoms with E-state index in [2.05, 4.69) is 4.98 Å². The molecule has 0 saturated heterocycles. The van der Waals surface area contributed by atoms with Crippen molar-refractivity contribution in [1.82, 2.24) is 4.98 Å². The summed E-state index contributed by atoms with van der Waals surface area (Å²) in [6.45, 7) is 1.32. The second-order valence-corrected chi connectivity index (χ2v) is 4.55. The number of aliphatic hydroxyl groups excluding tert-OH is 1. The lowest BCUT2D eigenvalue weighted by Crippen LogP contribution is -2.14. The van der Waals surface area contributed by atoms with Gasteiger partial charge in [-0.25, -0.2) is 4.39 Å². The van der Waals surface area contributed by atoms with Gasteiger partial charge in [-0.05, 0) is 18.1 Å². The van der Waals surface area contributed by atoms with Crippen LogP contribution in [0.3, 0.4) is 0 Å². The number of nitrogens with zero attached hydrogens (tertiary/aromatic N) is 1. The molecule has 3 N–H and O–H groups in total. The number of rotatable bonds is 5. The third-order valence-corrected chi connectivity index (χ3v) is 3.11. The summed E-state index contributed by atoms with van der Waals surface area (Å²) in [4.78, 5) is 3.30. The van der Waals surface area contributed by atoms with E-state index in [1.165, 1.54) is 24.3 Å². The smallest absolute Gasteiger partial charge is 0.256 e. The molecule has 2 aromatic rings. The molecule has 0 saturated carbocycles. The van der Waals surface area contributed by atoms with Crippen molar-refractivity contribution in [2.45, 2.75) is 13.0 Å². The van der Waals surface area contributed by atoms with Gasteiger partial charge in [0.25, 0.3) is 5.88 Å². The molecule has 0 bridgehead atoms. The topological polar surface area (TPSA) is 68.4 Å². The van der Waals surface area contributed by atoms with Gasteiger partial charge in [-0.15, -0.1) is 0 Å². The zero-order chi connectivity index (χ0) is 16.3. The van der Waals surface area contributed by atoms with E-state index < -0.39 is 35.1 Å². The van der Waals surface area contributed by atoms with Crippen LogP contribution in [0, 0.1) is 17.6 Å². The summed E-state index contributed by atoms with van der Waals surface area (Å²) in [7, 11) is 0. The molecule has 0 radical (unpaired) electrons. The number of nitrogens with two attached hydrogens (primary N) is 1. The molecule has 0 spiro atoms. The average Bonchev–Trinajstić information content (AvgIpc) is 2.52. The molecule has 0 aliphatic heterocycles. The molecule has 22 heavy (non-hydrogen) atoms. The maximum absolute atomic E-state index is 14.1. The van der Waals surface area contributed by atoms with Gasteiger partial charge in [0.05, 0.1) is 24.8 Å². The Morgan fingerprint density at radius 3 is 2.36 bits per heavy atom. The first kappa shape index (κ1) is 16.3. The Morgan fingerprint density at radius 1 is 1.18 bits per heavy atom. The minimum atomic E-state index is -1.37. The van der Waals surface area contributed by atoms with Crippen molar-refractivity contribution in [2.24, 2.45) is 5.73 Å². The molecule has 1 aromatic carbocycles. The van der Waals surface area contributed by atoms with E-state index >= 15 is 0 Å². The first-order valence-corrected chi connectivity index (χ1v) is 6.63. The highest BCUT2D eigenvalue weighted by Crippen LogP contribution is 2.31. The SMILES string of the molecule is CCOc1nc(F)c(-c2ccc(C(N)CO)cc2)c(F)c1F. The number of benzene rings is 1. The third kappa shape index (κ3) is 3.05. The van der Waals surface area contributed by atoms with Crippen molar-refractivity contribution in [1.29, 1.82) is 0 Å². The van der Waals surface area contributed by atoms with Gasteiger partial charge in [-0.2, -0.15) is 13.8 Å². The highest BCUT2D eigenvalue weighted by molar-refractivity contribution is 5.65. The Morgan fingerprint density at radius 2 is 1.82 bits per heavy atom. The molecule has 1 aromatic heterocycles. The fourth-order valence-corrected chi connectivity index (χ4v) is 1.97. The average molecular weight is 312 g/mol. The molecule has 1 heterocycles. The minimum absolute atomic E-state index is 0.0376. The van der Waals surface area contributed by atoms with E-state index in [0.717, 1.165) is 0 Å². The van der Waals surface area contributed by atoms with Crippen molar-refractivity contribution in [3.05, 3.63) is 47.4 Å². The first-order valence-electron chi connectivity index (χ1n) is 6.63. The second kappa shape index (κ2) is 6.76. The van der Waals surface area contributed by atoms with Crippen molar-refractivity contribution >= 4 is 0 Å². The van der Waals surface area contributed by atoms with Crippen molar-refractivity contribution < 1.29 is 23.0 Å². The highest BCUT2D eigenvalue weighted by atomic mass is 19.2. The fourth-order valence-electron chi connectivity index (χ4n) is 1.97. The maximum Gasteiger partial charge on any atom is 0.256 e. The number of hydrogen-bond donors (Lipinski definition) is 2. The van der Waals surface area contributed by atoms with Gasteiger partial charge in [0.2, 0.25) is 11.8 Å². The first-order chi connectivity index (χ1) is 10.5. The normalized spacial score (nSPS) is 12.3. The van der Waals surface area contributed by atoms with Crippen LogP contribution in [0.25, 0.3) is 11.1 Å². The molecular formula is C15H15F3N2O2. The molecule has 2 rings (SSSR count). The Hall–Kier alpha value is -2.12. The van der Waals surface area contributed by atoms with E-state index in [1.54, 1.807) is 6.92 Å². The van der Waals surface area contributed by atoms with Crippen LogP contribution < -0.4 is 10.5 Å². The van der Waals surface area contributed by atoms with Gasteiger partial charge >= 0.3 is 0 Å². The fraction of sp³-hybridized carbons (Fsp3) is 0.267. The zero-order valence-corrected chi connectivity index (χ0v) is 11.8. The zero-order valence-electron chi connectivity index (χ0n) is 11.8. The highest BCUT2D eigenvalue weighted by Gasteiger charge is 2.22. The molecule has 7 heteroatoms. The molecule has 118 valence electrons. The summed E-state index contributed by atoms with van der Waals surface area (Å²) >= 11 is 0. The number of hydrogen-bond acceptors (Lipinski definition) is 4. The lowest BCUT2D eigenvalue weighted by atomic mass is 10.0. The summed E-state index contributed by atoms with van der Waals surface area (Å²) in [6, 6.07) is 5.17. The van der Waals surface area contributed by atoms with E-state index in [1.807, 2.05) is 0 Å². The monoisotopic (exact) mass is 312 g/mol.